The number of nitrogens with zero attached hydrogens (tertiary/aromatic N) is 3. The molecule has 3 heterocycles. The zero-order valence-corrected chi connectivity index (χ0v) is 14.1. The molecule has 5 nitrogen and oxygen atoms in total. The van der Waals surface area contributed by atoms with Gasteiger partial charge in [0.1, 0.15) is 0 Å². The van der Waals surface area contributed by atoms with Crippen LogP contribution in [0.25, 0.3) is 0 Å². The molecule has 2 aliphatic rings. The van der Waals surface area contributed by atoms with Crippen LogP contribution in [-0.4, -0.2) is 41.2 Å². The van der Waals surface area contributed by atoms with Crippen molar-refractivity contribution in [2.75, 3.05) is 26.2 Å². The molecule has 0 amide bonds. The van der Waals surface area contributed by atoms with Crippen molar-refractivity contribution in [2.45, 2.75) is 52.0 Å². The lowest BCUT2D eigenvalue weighted by atomic mass is 9.89. The van der Waals surface area contributed by atoms with Crippen molar-refractivity contribution < 1.29 is 4.52 Å². The summed E-state index contributed by atoms with van der Waals surface area (Å²) in [6.07, 6.45) is 3.65. The third-order valence-electron chi connectivity index (χ3n) is 4.65. The molecule has 1 aromatic heterocycles. The summed E-state index contributed by atoms with van der Waals surface area (Å²) in [5.41, 5.74) is 0.396. The molecule has 2 atom stereocenters. The van der Waals surface area contributed by atoms with Crippen LogP contribution in [0.1, 0.15) is 63.7 Å². The Balaban J connectivity index is 0.00000161. The molecule has 1 N–H and O–H groups in total. The van der Waals surface area contributed by atoms with Gasteiger partial charge in [-0.2, -0.15) is 4.98 Å². The number of hydrogen-bond donors (Lipinski definition) is 1. The van der Waals surface area contributed by atoms with E-state index >= 15 is 0 Å². The van der Waals surface area contributed by atoms with Crippen LogP contribution in [0.15, 0.2) is 4.52 Å². The van der Waals surface area contributed by atoms with Gasteiger partial charge in [0.25, 0.3) is 0 Å². The van der Waals surface area contributed by atoms with E-state index < -0.39 is 0 Å². The molecule has 0 saturated carbocycles. The fourth-order valence-corrected chi connectivity index (χ4v) is 3.42. The second-order valence-corrected chi connectivity index (χ2v) is 7.01. The molecular weight excluding hydrogens is 288 g/mol. The van der Waals surface area contributed by atoms with Crippen LogP contribution < -0.4 is 5.32 Å². The standard InChI is InChI=1S/C15H26N4O.ClH/c1-11(2)14-17-13(18-20-14)12-5-4-8-19(12)10-15(3)6-7-16-9-15;/h11-12,16H,4-10H2,1-3H3;1H. The molecule has 0 bridgehead atoms. The summed E-state index contributed by atoms with van der Waals surface area (Å²) in [5.74, 6) is 1.96. The third-order valence-corrected chi connectivity index (χ3v) is 4.65. The molecular formula is C15H27ClN4O. The number of nitrogens with one attached hydrogen (secondary N) is 1. The van der Waals surface area contributed by atoms with Gasteiger partial charge < -0.3 is 9.84 Å². The highest BCUT2D eigenvalue weighted by molar-refractivity contribution is 5.85. The molecule has 6 heteroatoms. The minimum Gasteiger partial charge on any atom is -0.339 e. The van der Waals surface area contributed by atoms with E-state index in [1.54, 1.807) is 0 Å². The second kappa shape index (κ2) is 6.63. The van der Waals surface area contributed by atoms with Gasteiger partial charge in [-0.15, -0.1) is 12.4 Å². The van der Waals surface area contributed by atoms with E-state index in [9.17, 15) is 0 Å². The van der Waals surface area contributed by atoms with Gasteiger partial charge in [-0.05, 0) is 37.8 Å². The van der Waals surface area contributed by atoms with E-state index in [0.717, 1.165) is 44.3 Å². The fourth-order valence-electron chi connectivity index (χ4n) is 3.42. The summed E-state index contributed by atoms with van der Waals surface area (Å²) in [6, 6.07) is 0.351. The Morgan fingerprint density at radius 3 is 2.90 bits per heavy atom. The van der Waals surface area contributed by atoms with E-state index in [-0.39, 0.29) is 12.4 Å². The predicted octanol–water partition coefficient (Wildman–Crippen LogP) is 2.75. The first-order valence-corrected chi connectivity index (χ1v) is 7.86. The van der Waals surface area contributed by atoms with Crippen molar-refractivity contribution >= 4 is 12.4 Å². The van der Waals surface area contributed by atoms with Crippen LogP contribution in [0.3, 0.4) is 0 Å². The van der Waals surface area contributed by atoms with E-state index in [4.69, 9.17) is 4.52 Å². The summed E-state index contributed by atoms with van der Waals surface area (Å²) < 4.78 is 5.38. The van der Waals surface area contributed by atoms with E-state index in [2.05, 4.69) is 41.1 Å². The molecule has 2 unspecified atom stereocenters. The number of rotatable bonds is 4. The van der Waals surface area contributed by atoms with Crippen molar-refractivity contribution in [1.82, 2.24) is 20.4 Å². The summed E-state index contributed by atoms with van der Waals surface area (Å²) >= 11 is 0. The van der Waals surface area contributed by atoms with Crippen LogP contribution in [0.4, 0.5) is 0 Å². The van der Waals surface area contributed by atoms with Gasteiger partial charge >= 0.3 is 0 Å². The summed E-state index contributed by atoms with van der Waals surface area (Å²) in [4.78, 5) is 7.16. The highest BCUT2D eigenvalue weighted by Gasteiger charge is 2.37. The van der Waals surface area contributed by atoms with Gasteiger partial charge in [0.2, 0.25) is 5.89 Å². The molecule has 2 fully saturated rings. The number of aromatic nitrogens is 2. The maximum absolute atomic E-state index is 5.38. The Morgan fingerprint density at radius 1 is 1.48 bits per heavy atom. The molecule has 1 aromatic rings. The molecule has 0 aliphatic carbocycles. The molecule has 21 heavy (non-hydrogen) atoms. The van der Waals surface area contributed by atoms with E-state index in [0.29, 0.717) is 17.4 Å². The highest BCUT2D eigenvalue weighted by atomic mass is 35.5. The second-order valence-electron chi connectivity index (χ2n) is 7.01. The highest BCUT2D eigenvalue weighted by Crippen LogP contribution is 2.35. The zero-order chi connectivity index (χ0) is 14.2. The van der Waals surface area contributed by atoms with Gasteiger partial charge in [0.15, 0.2) is 5.82 Å². The normalized spacial score (nSPS) is 30.0. The van der Waals surface area contributed by atoms with Gasteiger partial charge in [-0.1, -0.05) is 25.9 Å². The van der Waals surface area contributed by atoms with Crippen molar-refractivity contribution in [2.24, 2.45) is 5.41 Å². The Morgan fingerprint density at radius 2 is 2.29 bits per heavy atom. The first-order chi connectivity index (χ1) is 9.57. The topological polar surface area (TPSA) is 54.2 Å². The first kappa shape index (κ1) is 16.7. The van der Waals surface area contributed by atoms with Crippen molar-refractivity contribution in [1.29, 1.82) is 0 Å². The number of hydrogen-bond acceptors (Lipinski definition) is 5. The van der Waals surface area contributed by atoms with Crippen LogP contribution in [0.5, 0.6) is 0 Å². The monoisotopic (exact) mass is 314 g/mol. The summed E-state index contributed by atoms with van der Waals surface area (Å²) in [6.45, 7) is 11.1. The van der Waals surface area contributed by atoms with E-state index in [1.807, 2.05) is 0 Å². The van der Waals surface area contributed by atoms with Crippen molar-refractivity contribution in [3.8, 4) is 0 Å². The summed E-state index contributed by atoms with van der Waals surface area (Å²) in [7, 11) is 0. The van der Waals surface area contributed by atoms with Crippen molar-refractivity contribution in [3.05, 3.63) is 11.7 Å². The van der Waals surface area contributed by atoms with Gasteiger partial charge in [0, 0.05) is 19.0 Å². The molecule has 3 rings (SSSR count). The lowest BCUT2D eigenvalue weighted by Gasteiger charge is -2.31. The SMILES string of the molecule is CC(C)c1nc(C2CCCN2CC2(C)CCNC2)no1.Cl. The maximum atomic E-state index is 5.38. The van der Waals surface area contributed by atoms with Crippen LogP contribution in [0.2, 0.25) is 0 Å². The van der Waals surface area contributed by atoms with Gasteiger partial charge in [-0.25, -0.2) is 0 Å². The molecule has 120 valence electrons. The molecule has 2 saturated heterocycles. The molecule has 2 aliphatic heterocycles. The Bertz CT molecular complexity index is 456. The lowest BCUT2D eigenvalue weighted by Crippen LogP contribution is -2.37. The summed E-state index contributed by atoms with van der Waals surface area (Å²) in [5, 5.41) is 7.71. The van der Waals surface area contributed by atoms with Crippen LogP contribution in [0, 0.1) is 5.41 Å². The Kier molecular flexibility index (Phi) is 5.28. The van der Waals surface area contributed by atoms with E-state index in [1.165, 1.54) is 12.8 Å². The largest absolute Gasteiger partial charge is 0.339 e. The Hall–Kier alpha value is -0.650. The maximum Gasteiger partial charge on any atom is 0.229 e. The predicted molar refractivity (Wildman–Crippen MR) is 84.8 cm³/mol. The minimum atomic E-state index is 0. The van der Waals surface area contributed by atoms with Crippen LogP contribution in [-0.2, 0) is 0 Å². The average molecular weight is 315 g/mol. The number of halogens is 1. The zero-order valence-electron chi connectivity index (χ0n) is 13.3. The molecule has 0 aromatic carbocycles. The third kappa shape index (κ3) is 3.58. The smallest absolute Gasteiger partial charge is 0.229 e. The van der Waals surface area contributed by atoms with Crippen LogP contribution >= 0.6 is 12.4 Å². The molecule has 0 radical (unpaired) electrons. The minimum absolute atomic E-state index is 0. The first-order valence-electron chi connectivity index (χ1n) is 7.86. The Labute approximate surface area is 133 Å². The lowest BCUT2D eigenvalue weighted by molar-refractivity contribution is 0.159. The quantitative estimate of drug-likeness (QED) is 0.926. The molecule has 0 spiro atoms. The fraction of sp³-hybridized carbons (Fsp3) is 0.867. The van der Waals surface area contributed by atoms with Gasteiger partial charge in [0.05, 0.1) is 6.04 Å². The number of likely N-dealkylation sites (tertiary alicyclic amines) is 1. The van der Waals surface area contributed by atoms with Crippen molar-refractivity contribution in [3.63, 3.8) is 0 Å². The average Bonchev–Trinajstić information content (AvgIpc) is 3.09. The van der Waals surface area contributed by atoms with Gasteiger partial charge in [-0.3, -0.25) is 4.90 Å².